The molecular weight excluding hydrogens is 480 g/mol. The lowest BCUT2D eigenvalue weighted by molar-refractivity contribution is 0.0937. The number of hydrogen-bond acceptors (Lipinski definition) is 7. The number of benzene rings is 2. The van der Waals surface area contributed by atoms with Gasteiger partial charge in [-0.15, -0.1) is 10.2 Å². The molecule has 4 rings (SSSR count). The van der Waals surface area contributed by atoms with Crippen LogP contribution in [0, 0.1) is 0 Å². The van der Waals surface area contributed by atoms with E-state index in [-0.39, 0.29) is 29.1 Å². The maximum absolute atomic E-state index is 13.3. The molecule has 2 heterocycles. The van der Waals surface area contributed by atoms with Gasteiger partial charge in [-0.3, -0.25) is 14.3 Å². The van der Waals surface area contributed by atoms with Gasteiger partial charge < -0.3 is 20.4 Å². The zero-order chi connectivity index (χ0) is 27.2. The number of aromatic hydroxyl groups is 2. The SMILES string of the molecule is CCN(CC)Cc1ccc(-n2c(C(=O)NCCN3CCCC3)nnc2-c2cc(C(C)C)c(O)cc2O)cc1. The first-order chi connectivity index (χ1) is 18.3. The van der Waals surface area contributed by atoms with Crippen LogP contribution in [-0.2, 0) is 6.54 Å². The van der Waals surface area contributed by atoms with Crippen LogP contribution in [0.25, 0.3) is 17.1 Å². The van der Waals surface area contributed by atoms with Gasteiger partial charge in [0, 0.05) is 31.4 Å². The monoisotopic (exact) mass is 520 g/mol. The van der Waals surface area contributed by atoms with Gasteiger partial charge in [0.1, 0.15) is 11.5 Å². The largest absolute Gasteiger partial charge is 0.508 e. The number of phenols is 2. The topological polar surface area (TPSA) is 107 Å². The Bertz CT molecular complexity index is 1230. The molecule has 0 aliphatic carbocycles. The van der Waals surface area contributed by atoms with Crippen molar-refractivity contribution in [1.29, 1.82) is 0 Å². The molecule has 1 aromatic heterocycles. The Morgan fingerprint density at radius 2 is 1.71 bits per heavy atom. The number of phenolic OH excluding ortho intramolecular Hbond substituents is 2. The third kappa shape index (κ3) is 6.16. The van der Waals surface area contributed by atoms with Crippen molar-refractivity contribution in [1.82, 2.24) is 29.9 Å². The van der Waals surface area contributed by atoms with Crippen LogP contribution in [0.4, 0.5) is 0 Å². The van der Waals surface area contributed by atoms with E-state index in [1.54, 1.807) is 10.6 Å². The van der Waals surface area contributed by atoms with Crippen LogP contribution in [0.2, 0.25) is 0 Å². The molecule has 0 saturated carbocycles. The van der Waals surface area contributed by atoms with E-state index in [1.807, 2.05) is 38.1 Å². The van der Waals surface area contributed by atoms with Gasteiger partial charge in [0.05, 0.1) is 5.56 Å². The first kappa shape index (κ1) is 27.6. The van der Waals surface area contributed by atoms with Gasteiger partial charge in [-0.1, -0.05) is 39.8 Å². The number of nitrogens with zero attached hydrogens (tertiary/aromatic N) is 5. The van der Waals surface area contributed by atoms with E-state index in [2.05, 4.69) is 39.2 Å². The summed E-state index contributed by atoms with van der Waals surface area (Å²) in [5, 5.41) is 32.7. The molecule has 3 aromatic rings. The predicted molar refractivity (Wildman–Crippen MR) is 149 cm³/mol. The Hall–Kier alpha value is -3.43. The molecule has 0 atom stereocenters. The molecule has 1 saturated heterocycles. The van der Waals surface area contributed by atoms with Crippen LogP contribution in [0.3, 0.4) is 0 Å². The number of aromatic nitrogens is 3. The summed E-state index contributed by atoms with van der Waals surface area (Å²) in [4.78, 5) is 18.0. The molecule has 9 heteroatoms. The Kier molecular flexibility index (Phi) is 9.01. The molecule has 204 valence electrons. The normalized spacial score (nSPS) is 14.1. The summed E-state index contributed by atoms with van der Waals surface area (Å²) in [5.41, 5.74) is 2.97. The predicted octanol–water partition coefficient (Wildman–Crippen LogP) is 4.14. The summed E-state index contributed by atoms with van der Waals surface area (Å²) in [7, 11) is 0. The molecule has 1 fully saturated rings. The minimum Gasteiger partial charge on any atom is -0.508 e. The second-order valence-electron chi connectivity index (χ2n) is 10.2. The van der Waals surface area contributed by atoms with Crippen LogP contribution in [0.1, 0.15) is 68.2 Å². The summed E-state index contributed by atoms with van der Waals surface area (Å²) < 4.78 is 1.68. The highest BCUT2D eigenvalue weighted by atomic mass is 16.3. The molecule has 0 unspecified atom stereocenters. The summed E-state index contributed by atoms with van der Waals surface area (Å²) >= 11 is 0. The van der Waals surface area contributed by atoms with Gasteiger partial charge in [-0.25, -0.2) is 0 Å². The number of likely N-dealkylation sites (tertiary alicyclic amines) is 1. The summed E-state index contributed by atoms with van der Waals surface area (Å²) in [5.74, 6) is 0.0886. The Labute approximate surface area is 225 Å². The summed E-state index contributed by atoms with van der Waals surface area (Å²) in [6.45, 7) is 14.4. The molecule has 2 aromatic carbocycles. The first-order valence-electron chi connectivity index (χ1n) is 13.7. The van der Waals surface area contributed by atoms with Crippen molar-refractivity contribution in [2.24, 2.45) is 0 Å². The van der Waals surface area contributed by atoms with Gasteiger partial charge in [0.25, 0.3) is 5.91 Å². The maximum Gasteiger partial charge on any atom is 0.289 e. The number of carbonyl (C=O) groups is 1. The second-order valence-corrected chi connectivity index (χ2v) is 10.2. The molecule has 3 N–H and O–H groups in total. The Balaban J connectivity index is 1.71. The van der Waals surface area contributed by atoms with E-state index < -0.39 is 0 Å². The van der Waals surface area contributed by atoms with Gasteiger partial charge in [0.15, 0.2) is 5.82 Å². The number of amides is 1. The van der Waals surface area contributed by atoms with Crippen molar-refractivity contribution in [2.45, 2.75) is 53.0 Å². The van der Waals surface area contributed by atoms with E-state index in [0.29, 0.717) is 23.5 Å². The molecule has 1 aliphatic rings. The smallest absolute Gasteiger partial charge is 0.289 e. The fourth-order valence-electron chi connectivity index (χ4n) is 4.95. The molecule has 0 bridgehead atoms. The average Bonchev–Trinajstić information content (AvgIpc) is 3.58. The van der Waals surface area contributed by atoms with E-state index in [1.165, 1.54) is 24.5 Å². The molecule has 1 amide bonds. The fourth-order valence-corrected chi connectivity index (χ4v) is 4.95. The zero-order valence-electron chi connectivity index (χ0n) is 22.9. The molecule has 9 nitrogen and oxygen atoms in total. The Morgan fingerprint density at radius 1 is 1.03 bits per heavy atom. The maximum atomic E-state index is 13.3. The van der Waals surface area contributed by atoms with Gasteiger partial charge >= 0.3 is 0 Å². The lowest BCUT2D eigenvalue weighted by atomic mass is 9.98. The molecule has 0 spiro atoms. The van der Waals surface area contributed by atoms with E-state index >= 15 is 0 Å². The van der Waals surface area contributed by atoms with Crippen LogP contribution >= 0.6 is 0 Å². The number of hydrogen-bond donors (Lipinski definition) is 3. The van der Waals surface area contributed by atoms with Crippen molar-refractivity contribution in [3.05, 3.63) is 53.3 Å². The van der Waals surface area contributed by atoms with E-state index in [4.69, 9.17) is 0 Å². The van der Waals surface area contributed by atoms with Crippen molar-refractivity contribution in [3.63, 3.8) is 0 Å². The highest BCUT2D eigenvalue weighted by molar-refractivity contribution is 5.92. The fraction of sp³-hybridized carbons (Fsp3) is 0.483. The molecular formula is C29H40N6O3. The first-order valence-corrected chi connectivity index (χ1v) is 13.7. The average molecular weight is 521 g/mol. The van der Waals surface area contributed by atoms with Crippen LogP contribution < -0.4 is 5.32 Å². The number of nitrogens with one attached hydrogen (secondary N) is 1. The minimum absolute atomic E-state index is 0.0212. The number of carbonyl (C=O) groups excluding carboxylic acids is 1. The molecule has 1 aliphatic heterocycles. The quantitative estimate of drug-likeness (QED) is 0.349. The van der Waals surface area contributed by atoms with Gasteiger partial charge in [0.2, 0.25) is 5.82 Å². The highest BCUT2D eigenvalue weighted by Gasteiger charge is 2.24. The Morgan fingerprint density at radius 3 is 2.34 bits per heavy atom. The van der Waals surface area contributed by atoms with Crippen molar-refractivity contribution >= 4 is 5.91 Å². The lowest BCUT2D eigenvalue weighted by Crippen LogP contribution is -2.34. The third-order valence-electron chi connectivity index (χ3n) is 7.28. The standard InChI is InChI=1S/C29H40N6O3/c1-5-33(6-2)19-21-9-11-22(12-10-21)35-27(24-17-23(20(3)4)25(36)18-26(24)37)31-32-28(35)29(38)30-13-16-34-14-7-8-15-34/h9-12,17-18,20,36-37H,5-8,13-16,19H2,1-4H3,(H,30,38). The lowest BCUT2D eigenvalue weighted by Gasteiger charge is -2.19. The van der Waals surface area contributed by atoms with Gasteiger partial charge in [-0.05, 0) is 74.3 Å². The summed E-state index contributed by atoms with van der Waals surface area (Å²) in [6, 6.07) is 11.0. The summed E-state index contributed by atoms with van der Waals surface area (Å²) in [6.07, 6.45) is 2.40. The van der Waals surface area contributed by atoms with Crippen LogP contribution in [-0.4, -0.2) is 80.0 Å². The van der Waals surface area contributed by atoms with E-state index in [9.17, 15) is 15.0 Å². The van der Waals surface area contributed by atoms with Gasteiger partial charge in [-0.2, -0.15) is 0 Å². The molecule has 38 heavy (non-hydrogen) atoms. The highest BCUT2D eigenvalue weighted by Crippen LogP contribution is 2.38. The van der Waals surface area contributed by atoms with Crippen LogP contribution in [0.15, 0.2) is 36.4 Å². The second kappa shape index (κ2) is 12.4. The van der Waals surface area contributed by atoms with Crippen molar-refractivity contribution in [2.75, 3.05) is 39.3 Å². The van der Waals surface area contributed by atoms with Crippen molar-refractivity contribution in [3.8, 4) is 28.6 Å². The minimum atomic E-state index is -0.322. The van der Waals surface area contributed by atoms with Crippen molar-refractivity contribution < 1.29 is 15.0 Å². The number of rotatable bonds is 11. The van der Waals surface area contributed by atoms with Crippen LogP contribution in [0.5, 0.6) is 11.5 Å². The zero-order valence-corrected chi connectivity index (χ0v) is 22.9. The molecule has 0 radical (unpaired) electrons. The third-order valence-corrected chi connectivity index (χ3v) is 7.28. The van der Waals surface area contributed by atoms with E-state index in [0.717, 1.165) is 45.0 Å².